The average molecular weight is 263 g/mol. The maximum atomic E-state index is 11.9. The van der Waals surface area contributed by atoms with E-state index in [1.54, 1.807) is 0 Å². The van der Waals surface area contributed by atoms with Gasteiger partial charge in [0.05, 0.1) is 5.69 Å². The van der Waals surface area contributed by atoms with Gasteiger partial charge in [0, 0.05) is 24.6 Å². The lowest BCUT2D eigenvalue weighted by atomic mass is 9.90. The molecule has 2 aliphatic rings. The zero-order chi connectivity index (χ0) is 13.4. The highest BCUT2D eigenvalue weighted by atomic mass is 16.4. The highest BCUT2D eigenvalue weighted by Crippen LogP contribution is 2.39. The second kappa shape index (κ2) is 4.68. The molecule has 3 rings (SSSR count). The molecule has 0 atom stereocenters. The van der Waals surface area contributed by atoms with Crippen LogP contribution in [-0.4, -0.2) is 39.4 Å². The molecule has 1 amide bonds. The Morgan fingerprint density at radius 2 is 1.95 bits per heavy atom. The molecule has 6 heteroatoms. The van der Waals surface area contributed by atoms with Gasteiger partial charge in [0.15, 0.2) is 0 Å². The minimum Gasteiger partial charge on any atom is -0.465 e. The number of aromatic amines is 1. The number of hydrogen-bond acceptors (Lipinski definition) is 3. The molecule has 0 radical (unpaired) electrons. The fourth-order valence-corrected chi connectivity index (χ4v) is 2.71. The zero-order valence-corrected chi connectivity index (χ0v) is 10.6. The van der Waals surface area contributed by atoms with E-state index in [1.165, 1.54) is 4.90 Å². The number of carboxylic acid groups (broad SMARTS) is 1. The van der Waals surface area contributed by atoms with Crippen LogP contribution in [0.3, 0.4) is 0 Å². The molecular weight excluding hydrogens is 246 g/mol. The quantitative estimate of drug-likeness (QED) is 0.846. The predicted octanol–water partition coefficient (Wildman–Crippen LogP) is 1.50. The molecule has 1 aliphatic heterocycles. The summed E-state index contributed by atoms with van der Waals surface area (Å²) in [6.07, 6.45) is 2.85. The van der Waals surface area contributed by atoms with Crippen LogP contribution >= 0.6 is 0 Å². The first-order valence-electron chi connectivity index (χ1n) is 6.72. The largest absolute Gasteiger partial charge is 0.465 e. The highest BCUT2D eigenvalue weighted by molar-refractivity contribution is 5.65. The second-order valence-corrected chi connectivity index (χ2v) is 5.40. The Kier molecular flexibility index (Phi) is 3.00. The zero-order valence-electron chi connectivity index (χ0n) is 10.6. The van der Waals surface area contributed by atoms with Gasteiger partial charge >= 0.3 is 6.09 Å². The van der Waals surface area contributed by atoms with Gasteiger partial charge in [-0.1, -0.05) is 0 Å². The van der Waals surface area contributed by atoms with Crippen LogP contribution in [0.15, 0.2) is 10.9 Å². The third kappa shape index (κ3) is 2.47. The van der Waals surface area contributed by atoms with Gasteiger partial charge in [0.1, 0.15) is 0 Å². The predicted molar refractivity (Wildman–Crippen MR) is 68.4 cm³/mol. The van der Waals surface area contributed by atoms with E-state index in [1.807, 2.05) is 6.07 Å². The van der Waals surface area contributed by atoms with Gasteiger partial charge < -0.3 is 10.0 Å². The second-order valence-electron chi connectivity index (χ2n) is 5.40. The summed E-state index contributed by atoms with van der Waals surface area (Å²) in [6, 6.07) is 1.93. The summed E-state index contributed by atoms with van der Waals surface area (Å²) < 4.78 is 0. The maximum Gasteiger partial charge on any atom is 0.407 e. The van der Waals surface area contributed by atoms with Gasteiger partial charge in [0.25, 0.3) is 5.56 Å². The van der Waals surface area contributed by atoms with Gasteiger partial charge in [-0.05, 0) is 37.7 Å². The average Bonchev–Trinajstić information content (AvgIpc) is 3.24. The van der Waals surface area contributed by atoms with Gasteiger partial charge in [-0.15, -0.1) is 0 Å². The van der Waals surface area contributed by atoms with E-state index in [-0.39, 0.29) is 11.5 Å². The van der Waals surface area contributed by atoms with Crippen LogP contribution in [0.2, 0.25) is 0 Å². The summed E-state index contributed by atoms with van der Waals surface area (Å²) in [5, 5.41) is 15.6. The first kappa shape index (κ1) is 12.2. The third-order valence-electron chi connectivity index (χ3n) is 4.05. The number of piperidine rings is 1. The fourth-order valence-electron chi connectivity index (χ4n) is 2.71. The molecule has 1 aromatic rings. The SMILES string of the molecule is O=C(O)N1CCC(c2cc(C3CC3)n[nH]c2=O)CC1. The highest BCUT2D eigenvalue weighted by Gasteiger charge is 2.29. The Balaban J connectivity index is 1.77. The topological polar surface area (TPSA) is 86.3 Å². The van der Waals surface area contributed by atoms with Crippen LogP contribution < -0.4 is 5.56 Å². The van der Waals surface area contributed by atoms with Crippen LogP contribution in [-0.2, 0) is 0 Å². The van der Waals surface area contributed by atoms with Crippen molar-refractivity contribution in [3.8, 4) is 0 Å². The van der Waals surface area contributed by atoms with E-state index < -0.39 is 6.09 Å². The lowest BCUT2D eigenvalue weighted by molar-refractivity contribution is 0.132. The molecule has 1 saturated carbocycles. The number of hydrogen-bond donors (Lipinski definition) is 2. The first-order valence-corrected chi connectivity index (χ1v) is 6.72. The molecular formula is C13H17N3O3. The van der Waals surface area contributed by atoms with Crippen LogP contribution in [0.4, 0.5) is 4.79 Å². The number of rotatable bonds is 2. The maximum absolute atomic E-state index is 11.9. The Morgan fingerprint density at radius 1 is 1.26 bits per heavy atom. The lowest BCUT2D eigenvalue weighted by Crippen LogP contribution is -2.38. The van der Waals surface area contributed by atoms with Crippen molar-refractivity contribution in [1.82, 2.24) is 15.1 Å². The number of nitrogens with one attached hydrogen (secondary N) is 1. The molecule has 2 heterocycles. The van der Waals surface area contributed by atoms with Crippen molar-refractivity contribution in [2.24, 2.45) is 0 Å². The minimum absolute atomic E-state index is 0.127. The minimum atomic E-state index is -0.874. The molecule has 0 bridgehead atoms. The molecule has 0 spiro atoms. The molecule has 2 N–H and O–H groups in total. The van der Waals surface area contributed by atoms with Crippen molar-refractivity contribution < 1.29 is 9.90 Å². The van der Waals surface area contributed by atoms with Crippen molar-refractivity contribution >= 4 is 6.09 Å². The molecule has 0 aromatic carbocycles. The number of aromatic nitrogens is 2. The number of nitrogens with zero attached hydrogens (tertiary/aromatic N) is 2. The van der Waals surface area contributed by atoms with Crippen molar-refractivity contribution in [2.45, 2.75) is 37.5 Å². The van der Waals surface area contributed by atoms with Gasteiger partial charge in [-0.2, -0.15) is 5.10 Å². The fraction of sp³-hybridized carbons (Fsp3) is 0.615. The Bertz CT molecular complexity index is 542. The summed E-state index contributed by atoms with van der Waals surface area (Å²) in [6.45, 7) is 1.00. The molecule has 19 heavy (non-hydrogen) atoms. The van der Waals surface area contributed by atoms with Crippen LogP contribution in [0.25, 0.3) is 0 Å². The number of H-pyrrole nitrogens is 1. The van der Waals surface area contributed by atoms with Crippen molar-refractivity contribution in [1.29, 1.82) is 0 Å². The molecule has 1 aromatic heterocycles. The van der Waals surface area contributed by atoms with E-state index in [0.29, 0.717) is 31.8 Å². The Morgan fingerprint density at radius 3 is 2.53 bits per heavy atom. The third-order valence-corrected chi connectivity index (χ3v) is 4.05. The van der Waals surface area contributed by atoms with Crippen molar-refractivity contribution in [3.63, 3.8) is 0 Å². The van der Waals surface area contributed by atoms with E-state index in [9.17, 15) is 9.59 Å². The van der Waals surface area contributed by atoms with Crippen LogP contribution in [0.1, 0.15) is 48.8 Å². The van der Waals surface area contributed by atoms with Crippen molar-refractivity contribution in [2.75, 3.05) is 13.1 Å². The molecule has 2 fully saturated rings. The molecule has 102 valence electrons. The van der Waals surface area contributed by atoms with Gasteiger partial charge in [-0.3, -0.25) is 4.79 Å². The van der Waals surface area contributed by atoms with Gasteiger partial charge in [0.2, 0.25) is 0 Å². The van der Waals surface area contributed by atoms with E-state index in [4.69, 9.17) is 5.11 Å². The van der Waals surface area contributed by atoms with Crippen molar-refractivity contribution in [3.05, 3.63) is 27.7 Å². The van der Waals surface area contributed by atoms with E-state index >= 15 is 0 Å². The standard InChI is InChI=1S/C13H17N3O3/c17-12-10(7-11(14-15-12)9-1-2-9)8-3-5-16(6-4-8)13(18)19/h7-9H,1-6H2,(H,15,17)(H,18,19). The molecule has 1 saturated heterocycles. The molecule has 6 nitrogen and oxygen atoms in total. The Hall–Kier alpha value is -1.85. The van der Waals surface area contributed by atoms with Gasteiger partial charge in [-0.25, -0.2) is 9.89 Å². The van der Waals surface area contributed by atoms with Crippen LogP contribution in [0, 0.1) is 0 Å². The lowest BCUT2D eigenvalue weighted by Gasteiger charge is -2.29. The molecule has 0 unspecified atom stereocenters. The van der Waals surface area contributed by atoms with E-state index in [2.05, 4.69) is 10.2 Å². The number of carbonyl (C=O) groups is 1. The monoisotopic (exact) mass is 263 g/mol. The summed E-state index contributed by atoms with van der Waals surface area (Å²) in [4.78, 5) is 24.2. The first-order chi connectivity index (χ1) is 9.15. The number of amides is 1. The summed E-state index contributed by atoms with van der Waals surface area (Å²) in [7, 11) is 0. The van der Waals surface area contributed by atoms with Crippen LogP contribution in [0.5, 0.6) is 0 Å². The molecule has 1 aliphatic carbocycles. The summed E-state index contributed by atoms with van der Waals surface area (Å²) in [5.41, 5.74) is 1.63. The summed E-state index contributed by atoms with van der Waals surface area (Å²) in [5.74, 6) is 0.662. The summed E-state index contributed by atoms with van der Waals surface area (Å²) >= 11 is 0. The smallest absolute Gasteiger partial charge is 0.407 e. The van der Waals surface area contributed by atoms with E-state index in [0.717, 1.165) is 24.1 Å². The number of likely N-dealkylation sites (tertiary alicyclic amines) is 1. The normalized spacial score (nSPS) is 20.5. The Labute approximate surface area is 110 Å².